The van der Waals surface area contributed by atoms with Gasteiger partial charge in [0.15, 0.2) is 0 Å². The average Bonchev–Trinajstić information content (AvgIpc) is 3.11. The van der Waals surface area contributed by atoms with Crippen molar-refractivity contribution in [1.29, 1.82) is 0 Å². The number of H-pyrrole nitrogens is 1. The Kier molecular flexibility index (Phi) is 2.82. The number of carbonyl (C=O) groups excluding carboxylic acids is 1. The number of nitrogens with zero attached hydrogens (tertiary/aromatic N) is 3. The molecule has 0 spiro atoms. The SMILES string of the molecule is O=C(Nc1cnn(-c2ccncc2)c1)c1ccc[nH]1. The first-order chi connectivity index (χ1) is 9.33. The van der Waals surface area contributed by atoms with Gasteiger partial charge in [-0.1, -0.05) is 0 Å². The van der Waals surface area contributed by atoms with Crippen LogP contribution in [0.1, 0.15) is 10.5 Å². The summed E-state index contributed by atoms with van der Waals surface area (Å²) in [6, 6.07) is 7.16. The molecule has 0 atom stereocenters. The van der Waals surface area contributed by atoms with Crippen LogP contribution in [0.15, 0.2) is 55.2 Å². The van der Waals surface area contributed by atoms with Crippen molar-refractivity contribution in [2.45, 2.75) is 0 Å². The Morgan fingerprint density at radius 2 is 2.11 bits per heavy atom. The van der Waals surface area contributed by atoms with Crippen molar-refractivity contribution in [3.05, 3.63) is 60.9 Å². The van der Waals surface area contributed by atoms with Crippen LogP contribution in [-0.2, 0) is 0 Å². The highest BCUT2D eigenvalue weighted by molar-refractivity contribution is 6.02. The maximum absolute atomic E-state index is 11.8. The third-order valence-corrected chi connectivity index (χ3v) is 2.61. The number of anilines is 1. The monoisotopic (exact) mass is 253 g/mol. The predicted octanol–water partition coefficient (Wildman–Crippen LogP) is 1.85. The van der Waals surface area contributed by atoms with Crippen molar-refractivity contribution in [3.63, 3.8) is 0 Å². The van der Waals surface area contributed by atoms with E-state index >= 15 is 0 Å². The molecule has 6 heteroatoms. The molecular formula is C13H11N5O. The van der Waals surface area contributed by atoms with Gasteiger partial charge in [0.2, 0.25) is 0 Å². The summed E-state index contributed by atoms with van der Waals surface area (Å²) in [4.78, 5) is 18.6. The molecule has 0 saturated carbocycles. The van der Waals surface area contributed by atoms with Crippen molar-refractivity contribution in [2.75, 3.05) is 5.32 Å². The van der Waals surface area contributed by atoms with Crippen molar-refractivity contribution in [2.24, 2.45) is 0 Å². The summed E-state index contributed by atoms with van der Waals surface area (Å²) >= 11 is 0. The van der Waals surface area contributed by atoms with Crippen LogP contribution < -0.4 is 5.32 Å². The first kappa shape index (κ1) is 11.2. The number of nitrogens with one attached hydrogen (secondary N) is 2. The second-order valence-electron chi connectivity index (χ2n) is 3.92. The van der Waals surface area contributed by atoms with Crippen LogP contribution in [0.3, 0.4) is 0 Å². The quantitative estimate of drug-likeness (QED) is 0.748. The third-order valence-electron chi connectivity index (χ3n) is 2.61. The number of rotatable bonds is 3. The lowest BCUT2D eigenvalue weighted by atomic mass is 10.4. The molecule has 0 fully saturated rings. The van der Waals surface area contributed by atoms with Crippen molar-refractivity contribution < 1.29 is 4.79 Å². The smallest absolute Gasteiger partial charge is 0.272 e. The Morgan fingerprint density at radius 3 is 2.84 bits per heavy atom. The molecule has 3 aromatic rings. The number of carbonyl (C=O) groups is 1. The van der Waals surface area contributed by atoms with Crippen molar-refractivity contribution in [3.8, 4) is 5.69 Å². The van der Waals surface area contributed by atoms with Crippen molar-refractivity contribution >= 4 is 11.6 Å². The summed E-state index contributed by atoms with van der Waals surface area (Å²) in [5.74, 6) is -0.195. The minimum Gasteiger partial charge on any atom is -0.357 e. The zero-order chi connectivity index (χ0) is 13.1. The van der Waals surface area contributed by atoms with E-state index in [0.29, 0.717) is 11.4 Å². The topological polar surface area (TPSA) is 75.6 Å². The largest absolute Gasteiger partial charge is 0.357 e. The normalized spacial score (nSPS) is 10.3. The molecule has 0 bridgehead atoms. The molecule has 3 rings (SSSR count). The van der Waals surface area contributed by atoms with Gasteiger partial charge >= 0.3 is 0 Å². The van der Waals surface area contributed by atoms with E-state index in [9.17, 15) is 4.79 Å². The molecule has 0 radical (unpaired) electrons. The second-order valence-corrected chi connectivity index (χ2v) is 3.92. The van der Waals surface area contributed by atoms with Crippen LogP contribution in [0.4, 0.5) is 5.69 Å². The third kappa shape index (κ3) is 2.37. The number of aromatic nitrogens is 4. The van der Waals surface area contributed by atoms with Gasteiger partial charge in [0.05, 0.1) is 23.8 Å². The van der Waals surface area contributed by atoms with Gasteiger partial charge in [0.1, 0.15) is 5.69 Å². The number of pyridine rings is 1. The van der Waals surface area contributed by atoms with E-state index in [1.165, 1.54) is 0 Å². The summed E-state index contributed by atoms with van der Waals surface area (Å²) in [6.07, 6.45) is 8.43. The highest BCUT2D eigenvalue weighted by Crippen LogP contribution is 2.11. The highest BCUT2D eigenvalue weighted by atomic mass is 16.1. The molecule has 3 heterocycles. The van der Waals surface area contributed by atoms with E-state index in [1.54, 1.807) is 47.8 Å². The Morgan fingerprint density at radius 1 is 1.26 bits per heavy atom. The highest BCUT2D eigenvalue weighted by Gasteiger charge is 2.08. The fourth-order valence-corrected chi connectivity index (χ4v) is 1.70. The molecule has 0 aliphatic carbocycles. The van der Waals surface area contributed by atoms with E-state index < -0.39 is 0 Å². The number of hydrogen-bond donors (Lipinski definition) is 2. The molecule has 0 aliphatic rings. The van der Waals surface area contributed by atoms with E-state index in [2.05, 4.69) is 20.4 Å². The Labute approximate surface area is 109 Å². The summed E-state index contributed by atoms with van der Waals surface area (Å²) in [5.41, 5.74) is 2.03. The predicted molar refractivity (Wildman–Crippen MR) is 70.1 cm³/mol. The zero-order valence-corrected chi connectivity index (χ0v) is 9.95. The standard InChI is InChI=1S/C13H11N5O/c19-13(12-2-1-5-15-12)17-10-8-16-18(9-10)11-3-6-14-7-4-11/h1-9,15H,(H,17,19). The van der Waals surface area contributed by atoms with E-state index in [1.807, 2.05) is 12.1 Å². The van der Waals surface area contributed by atoms with Crippen molar-refractivity contribution in [1.82, 2.24) is 19.7 Å². The van der Waals surface area contributed by atoms with Gasteiger partial charge in [-0.2, -0.15) is 5.10 Å². The van der Waals surface area contributed by atoms with E-state index in [4.69, 9.17) is 0 Å². The minimum atomic E-state index is -0.195. The molecule has 0 aromatic carbocycles. The second kappa shape index (κ2) is 4.77. The maximum atomic E-state index is 11.8. The fourth-order valence-electron chi connectivity index (χ4n) is 1.70. The van der Waals surface area contributed by atoms with Gasteiger partial charge in [-0.05, 0) is 24.3 Å². The van der Waals surface area contributed by atoms with Crippen LogP contribution in [0, 0.1) is 0 Å². The van der Waals surface area contributed by atoms with Gasteiger partial charge in [0.25, 0.3) is 5.91 Å². The number of amides is 1. The molecular weight excluding hydrogens is 242 g/mol. The van der Waals surface area contributed by atoms with Crippen LogP contribution in [0.25, 0.3) is 5.69 Å². The molecule has 2 N–H and O–H groups in total. The summed E-state index contributed by atoms with van der Waals surface area (Å²) in [6.45, 7) is 0. The van der Waals surface area contributed by atoms with Crippen LogP contribution in [0.2, 0.25) is 0 Å². The van der Waals surface area contributed by atoms with Gasteiger partial charge in [-0.3, -0.25) is 9.78 Å². The van der Waals surface area contributed by atoms with E-state index in [0.717, 1.165) is 5.69 Å². The molecule has 3 aromatic heterocycles. The van der Waals surface area contributed by atoms with Gasteiger partial charge in [0, 0.05) is 18.6 Å². The molecule has 0 unspecified atom stereocenters. The zero-order valence-electron chi connectivity index (χ0n) is 9.95. The van der Waals surface area contributed by atoms with Gasteiger partial charge < -0.3 is 10.3 Å². The Bertz CT molecular complexity index is 672. The Balaban J connectivity index is 1.77. The lowest BCUT2D eigenvalue weighted by molar-refractivity contribution is 0.102. The maximum Gasteiger partial charge on any atom is 0.272 e. The van der Waals surface area contributed by atoms with E-state index in [-0.39, 0.29) is 5.91 Å². The molecule has 0 aliphatic heterocycles. The number of aromatic amines is 1. The van der Waals surface area contributed by atoms with Gasteiger partial charge in [-0.15, -0.1) is 0 Å². The molecule has 1 amide bonds. The van der Waals surface area contributed by atoms with Gasteiger partial charge in [-0.25, -0.2) is 4.68 Å². The molecule has 0 saturated heterocycles. The first-order valence-electron chi connectivity index (χ1n) is 5.73. The average molecular weight is 253 g/mol. The molecule has 94 valence electrons. The van der Waals surface area contributed by atoms with Crippen LogP contribution in [0.5, 0.6) is 0 Å². The minimum absolute atomic E-state index is 0.195. The molecule has 19 heavy (non-hydrogen) atoms. The van der Waals surface area contributed by atoms with Crippen LogP contribution >= 0.6 is 0 Å². The van der Waals surface area contributed by atoms with Crippen LogP contribution in [-0.4, -0.2) is 25.7 Å². The summed E-state index contributed by atoms with van der Waals surface area (Å²) < 4.78 is 1.67. The summed E-state index contributed by atoms with van der Waals surface area (Å²) in [5, 5.41) is 6.95. The lowest BCUT2D eigenvalue weighted by Crippen LogP contribution is -2.11. The summed E-state index contributed by atoms with van der Waals surface area (Å²) in [7, 11) is 0. The lowest BCUT2D eigenvalue weighted by Gasteiger charge is -2.00. The number of hydrogen-bond acceptors (Lipinski definition) is 3. The fraction of sp³-hybridized carbons (Fsp3) is 0. The molecule has 6 nitrogen and oxygen atoms in total. The Hall–Kier alpha value is -2.89. The first-order valence-corrected chi connectivity index (χ1v) is 5.73.